The van der Waals surface area contributed by atoms with E-state index in [9.17, 15) is 0 Å². The van der Waals surface area contributed by atoms with Gasteiger partial charge >= 0.3 is 0 Å². The Hall–Kier alpha value is -0.120. The molecule has 1 fully saturated rings. The smallest absolute Gasteiger partial charge is 0.0220 e. The van der Waals surface area contributed by atoms with E-state index >= 15 is 0 Å². The molecule has 0 radical (unpaired) electrons. The number of hydrogen-bond donors (Lipinski definition) is 1. The zero-order valence-electron chi connectivity index (χ0n) is 15.6. The maximum atomic E-state index is 3.73. The highest BCUT2D eigenvalue weighted by Gasteiger charge is 2.30. The second kappa shape index (κ2) is 7.94. The maximum Gasteiger partial charge on any atom is 0.0220 e. The Bertz CT molecular complexity index is 297. The predicted octanol–water partition coefficient (Wildman–Crippen LogP) is 3.21. The van der Waals surface area contributed by atoms with Gasteiger partial charge in [-0.2, -0.15) is 0 Å². The summed E-state index contributed by atoms with van der Waals surface area (Å²) < 4.78 is 0. The summed E-state index contributed by atoms with van der Waals surface area (Å²) in [6, 6.07) is 0.731. The van der Waals surface area contributed by atoms with E-state index in [4.69, 9.17) is 0 Å². The molecule has 3 heteroatoms. The minimum absolute atomic E-state index is 0.207. The van der Waals surface area contributed by atoms with Crippen LogP contribution in [0.25, 0.3) is 0 Å². The second-order valence-corrected chi connectivity index (χ2v) is 8.64. The molecule has 0 aromatic heterocycles. The molecule has 3 nitrogen and oxygen atoms in total. The second-order valence-electron chi connectivity index (χ2n) is 8.64. The Morgan fingerprint density at radius 1 is 1.24 bits per heavy atom. The molecule has 0 aliphatic carbocycles. The summed E-state index contributed by atoms with van der Waals surface area (Å²) in [6.07, 6.45) is 5.26. The van der Waals surface area contributed by atoms with E-state index in [1.807, 2.05) is 0 Å². The van der Waals surface area contributed by atoms with Crippen LogP contribution in [0.3, 0.4) is 0 Å². The molecule has 0 saturated carbocycles. The molecule has 1 aliphatic rings. The molecule has 1 aliphatic heterocycles. The third-order valence-electron chi connectivity index (χ3n) is 4.75. The molecule has 1 N–H and O–H groups in total. The average Bonchev–Trinajstić information content (AvgIpc) is 2.36. The van der Waals surface area contributed by atoms with Gasteiger partial charge in [0.2, 0.25) is 0 Å². The van der Waals surface area contributed by atoms with Crippen molar-refractivity contribution in [3.63, 3.8) is 0 Å². The number of nitrogens with one attached hydrogen (secondary N) is 1. The number of hydrogen-bond acceptors (Lipinski definition) is 3. The van der Waals surface area contributed by atoms with E-state index in [2.05, 4.69) is 63.8 Å². The highest BCUT2D eigenvalue weighted by Crippen LogP contribution is 2.26. The quantitative estimate of drug-likeness (QED) is 0.778. The van der Waals surface area contributed by atoms with E-state index in [-0.39, 0.29) is 5.54 Å². The van der Waals surface area contributed by atoms with Crippen LogP contribution in [-0.2, 0) is 0 Å². The van der Waals surface area contributed by atoms with Crippen LogP contribution < -0.4 is 5.32 Å². The van der Waals surface area contributed by atoms with E-state index < -0.39 is 0 Å². The molecule has 0 spiro atoms. The fraction of sp³-hybridized carbons (Fsp3) is 1.00. The molecule has 126 valence electrons. The van der Waals surface area contributed by atoms with Crippen LogP contribution in [0.2, 0.25) is 0 Å². The highest BCUT2D eigenvalue weighted by molar-refractivity contribution is 4.86. The SMILES string of the molecule is CCCC(C)(CNC(C)(C)C)CN(C)C1CCCN(C)C1. The highest BCUT2D eigenvalue weighted by atomic mass is 15.2. The van der Waals surface area contributed by atoms with Crippen molar-refractivity contribution in [2.75, 3.05) is 40.3 Å². The largest absolute Gasteiger partial charge is 0.311 e. The monoisotopic (exact) mass is 297 g/mol. The van der Waals surface area contributed by atoms with E-state index in [1.165, 1.54) is 45.3 Å². The zero-order chi connectivity index (χ0) is 16.1. The number of likely N-dealkylation sites (N-methyl/N-ethyl adjacent to an activating group) is 2. The first kappa shape index (κ1) is 18.9. The van der Waals surface area contributed by atoms with Gasteiger partial charge in [-0.1, -0.05) is 20.3 Å². The summed E-state index contributed by atoms with van der Waals surface area (Å²) in [5.41, 5.74) is 0.575. The maximum absolute atomic E-state index is 3.73. The van der Waals surface area contributed by atoms with Crippen molar-refractivity contribution in [2.24, 2.45) is 5.41 Å². The lowest BCUT2D eigenvalue weighted by atomic mass is 9.83. The Labute approximate surface area is 133 Å². The topological polar surface area (TPSA) is 18.5 Å². The van der Waals surface area contributed by atoms with Crippen LogP contribution in [0.5, 0.6) is 0 Å². The van der Waals surface area contributed by atoms with Gasteiger partial charge in [-0.3, -0.25) is 0 Å². The molecular weight excluding hydrogens is 258 g/mol. The van der Waals surface area contributed by atoms with Crippen LogP contribution >= 0.6 is 0 Å². The first-order valence-corrected chi connectivity index (χ1v) is 8.79. The van der Waals surface area contributed by atoms with Gasteiger partial charge < -0.3 is 15.1 Å². The van der Waals surface area contributed by atoms with E-state index in [1.54, 1.807) is 0 Å². The normalized spacial score (nSPS) is 24.3. The molecular formula is C18H39N3. The van der Waals surface area contributed by atoms with Crippen molar-refractivity contribution in [1.82, 2.24) is 15.1 Å². The van der Waals surface area contributed by atoms with Crippen LogP contribution in [0.4, 0.5) is 0 Å². The van der Waals surface area contributed by atoms with Gasteiger partial charge in [0.1, 0.15) is 0 Å². The fourth-order valence-corrected chi connectivity index (χ4v) is 3.54. The molecule has 0 bridgehead atoms. The van der Waals surface area contributed by atoms with Gasteiger partial charge in [0, 0.05) is 31.2 Å². The first-order chi connectivity index (χ1) is 9.65. The van der Waals surface area contributed by atoms with Crippen molar-refractivity contribution in [3.8, 4) is 0 Å². The molecule has 1 saturated heterocycles. The van der Waals surface area contributed by atoms with E-state index in [0.717, 1.165) is 12.6 Å². The molecule has 0 aromatic carbocycles. The summed E-state index contributed by atoms with van der Waals surface area (Å²) >= 11 is 0. The summed E-state index contributed by atoms with van der Waals surface area (Å²) in [7, 11) is 4.58. The molecule has 0 amide bonds. The Morgan fingerprint density at radius 2 is 1.90 bits per heavy atom. The van der Waals surface area contributed by atoms with Gasteiger partial charge in [-0.25, -0.2) is 0 Å². The Balaban J connectivity index is 2.58. The van der Waals surface area contributed by atoms with Gasteiger partial charge in [0.05, 0.1) is 0 Å². The van der Waals surface area contributed by atoms with E-state index in [0.29, 0.717) is 5.41 Å². The zero-order valence-corrected chi connectivity index (χ0v) is 15.6. The minimum Gasteiger partial charge on any atom is -0.311 e. The number of nitrogens with zero attached hydrogens (tertiary/aromatic N) is 2. The standard InChI is InChI=1S/C18H39N3/c1-8-11-18(5,14-19-17(2,3)4)15-21(7)16-10-9-12-20(6)13-16/h16,19H,8-15H2,1-7H3. The lowest BCUT2D eigenvalue weighted by Gasteiger charge is -2.42. The third kappa shape index (κ3) is 7.12. The minimum atomic E-state index is 0.207. The van der Waals surface area contributed by atoms with Gasteiger partial charge in [-0.15, -0.1) is 0 Å². The van der Waals surface area contributed by atoms with Crippen molar-refractivity contribution in [1.29, 1.82) is 0 Å². The summed E-state index contributed by atoms with van der Waals surface area (Å²) in [5.74, 6) is 0. The summed E-state index contributed by atoms with van der Waals surface area (Å²) in [5, 5.41) is 3.73. The lowest BCUT2D eigenvalue weighted by molar-refractivity contribution is 0.0847. The van der Waals surface area contributed by atoms with Crippen molar-refractivity contribution in [2.45, 2.75) is 71.9 Å². The first-order valence-electron chi connectivity index (χ1n) is 8.79. The molecule has 1 heterocycles. The average molecular weight is 298 g/mol. The van der Waals surface area contributed by atoms with Gasteiger partial charge in [-0.05, 0) is 66.1 Å². The van der Waals surface area contributed by atoms with Crippen molar-refractivity contribution >= 4 is 0 Å². The molecule has 0 aromatic rings. The van der Waals surface area contributed by atoms with Crippen molar-refractivity contribution < 1.29 is 0 Å². The van der Waals surface area contributed by atoms with Gasteiger partial charge in [0.25, 0.3) is 0 Å². The molecule has 2 atom stereocenters. The lowest BCUT2D eigenvalue weighted by Crippen LogP contribution is -2.51. The van der Waals surface area contributed by atoms with Crippen LogP contribution in [0, 0.1) is 5.41 Å². The molecule has 2 unspecified atom stereocenters. The summed E-state index contributed by atoms with van der Waals surface area (Å²) in [4.78, 5) is 5.10. The Morgan fingerprint density at radius 3 is 2.43 bits per heavy atom. The van der Waals surface area contributed by atoms with Crippen LogP contribution in [0.1, 0.15) is 60.3 Å². The van der Waals surface area contributed by atoms with Crippen LogP contribution in [0.15, 0.2) is 0 Å². The number of likely N-dealkylation sites (tertiary alicyclic amines) is 1. The van der Waals surface area contributed by atoms with Gasteiger partial charge in [0.15, 0.2) is 0 Å². The summed E-state index contributed by atoms with van der Waals surface area (Å²) in [6.45, 7) is 16.4. The van der Waals surface area contributed by atoms with Crippen LogP contribution in [-0.4, -0.2) is 61.7 Å². The molecule has 21 heavy (non-hydrogen) atoms. The number of rotatable bonds is 7. The van der Waals surface area contributed by atoms with Crippen molar-refractivity contribution in [3.05, 3.63) is 0 Å². The third-order valence-corrected chi connectivity index (χ3v) is 4.75. The Kier molecular flexibility index (Phi) is 7.15. The number of piperidine rings is 1. The molecule has 1 rings (SSSR count). The fourth-order valence-electron chi connectivity index (χ4n) is 3.54. The predicted molar refractivity (Wildman–Crippen MR) is 93.9 cm³/mol.